The highest BCUT2D eigenvalue weighted by Crippen LogP contribution is 2.32. The van der Waals surface area contributed by atoms with Crippen molar-refractivity contribution in [1.29, 1.82) is 0 Å². The van der Waals surface area contributed by atoms with E-state index in [2.05, 4.69) is 36.4 Å². The van der Waals surface area contributed by atoms with Crippen LogP contribution in [0.4, 0.5) is 0 Å². The van der Waals surface area contributed by atoms with Crippen LogP contribution in [0, 0.1) is 0 Å². The van der Waals surface area contributed by atoms with Crippen molar-refractivity contribution in [2.45, 2.75) is 4.90 Å². The number of rotatable bonds is 1. The van der Waals surface area contributed by atoms with Crippen molar-refractivity contribution < 1.29 is 13.0 Å². The van der Waals surface area contributed by atoms with E-state index in [0.29, 0.717) is 5.39 Å². The number of fused-ring (bicyclic) bond motifs is 4. The summed E-state index contributed by atoms with van der Waals surface area (Å²) in [7, 11) is -4.27. The van der Waals surface area contributed by atoms with E-state index in [-0.39, 0.29) is 4.90 Å². The molecule has 0 aromatic heterocycles. The molecule has 0 saturated heterocycles. The van der Waals surface area contributed by atoms with Gasteiger partial charge in [0.25, 0.3) is 10.1 Å². The lowest BCUT2D eigenvalue weighted by molar-refractivity contribution is 0.484. The van der Waals surface area contributed by atoms with Gasteiger partial charge in [0.2, 0.25) is 0 Å². The van der Waals surface area contributed by atoms with Gasteiger partial charge in [-0.25, -0.2) is 0 Å². The van der Waals surface area contributed by atoms with Gasteiger partial charge in [0.05, 0.1) is 0 Å². The molecule has 0 aliphatic rings. The van der Waals surface area contributed by atoms with E-state index in [9.17, 15) is 13.0 Å². The van der Waals surface area contributed by atoms with Gasteiger partial charge in [-0.1, -0.05) is 36.4 Å². The number of hydrogen-bond donors (Lipinski definition) is 1. The lowest BCUT2D eigenvalue weighted by Crippen LogP contribution is -1.98. The number of benzene rings is 5. The Morgan fingerprint density at radius 2 is 1.00 bits per heavy atom. The Bertz CT molecular complexity index is 1450. The normalized spacial score (nSPS) is 12.3. The summed E-state index contributed by atoms with van der Waals surface area (Å²) < 4.78 is 32.9. The average Bonchev–Trinajstić information content (AvgIpc) is 2.61. The molecule has 4 heteroatoms. The molecule has 0 spiro atoms. The molecule has 5 rings (SSSR count). The second kappa shape index (κ2) is 5.27. The molecule has 0 atom stereocenters. The highest BCUT2D eigenvalue weighted by Gasteiger charge is 2.14. The maximum Gasteiger partial charge on any atom is 0.295 e. The summed E-state index contributed by atoms with van der Waals surface area (Å²) in [6, 6.07) is 25.4. The summed E-state index contributed by atoms with van der Waals surface area (Å²) in [5.41, 5.74) is 0. The van der Waals surface area contributed by atoms with Crippen LogP contribution in [0.25, 0.3) is 43.1 Å². The van der Waals surface area contributed by atoms with E-state index in [0.717, 1.165) is 26.9 Å². The SMILES string of the molecule is O=S(=O)(O)c1cccc2cc3cc4cc5ccccc5cc4cc3cc12. The Labute approximate surface area is 150 Å². The zero-order valence-electron chi connectivity index (χ0n) is 13.7. The molecular weight excluding hydrogens is 344 g/mol. The molecule has 0 aliphatic carbocycles. The third kappa shape index (κ3) is 2.35. The minimum atomic E-state index is -4.27. The van der Waals surface area contributed by atoms with Crippen molar-refractivity contribution >= 4 is 53.2 Å². The fourth-order valence-corrected chi connectivity index (χ4v) is 4.37. The van der Waals surface area contributed by atoms with Gasteiger partial charge in [0.15, 0.2) is 0 Å². The van der Waals surface area contributed by atoms with Crippen molar-refractivity contribution in [3.63, 3.8) is 0 Å². The Morgan fingerprint density at radius 1 is 0.538 bits per heavy atom. The van der Waals surface area contributed by atoms with Gasteiger partial charge in [-0.05, 0) is 80.2 Å². The highest BCUT2D eigenvalue weighted by atomic mass is 32.2. The lowest BCUT2D eigenvalue weighted by Gasteiger charge is -2.09. The van der Waals surface area contributed by atoms with Crippen LogP contribution < -0.4 is 0 Å². The van der Waals surface area contributed by atoms with Crippen molar-refractivity contribution in [3.8, 4) is 0 Å². The van der Waals surface area contributed by atoms with Crippen LogP contribution in [0.2, 0.25) is 0 Å². The zero-order chi connectivity index (χ0) is 17.9. The van der Waals surface area contributed by atoms with Crippen LogP contribution >= 0.6 is 0 Å². The van der Waals surface area contributed by atoms with Crippen LogP contribution in [-0.4, -0.2) is 13.0 Å². The Morgan fingerprint density at radius 3 is 1.58 bits per heavy atom. The molecule has 5 aromatic rings. The summed E-state index contributed by atoms with van der Waals surface area (Å²) >= 11 is 0. The van der Waals surface area contributed by atoms with E-state index in [1.807, 2.05) is 30.3 Å². The van der Waals surface area contributed by atoms with Gasteiger partial charge < -0.3 is 0 Å². The second-order valence-electron chi connectivity index (χ2n) is 6.55. The summed E-state index contributed by atoms with van der Waals surface area (Å²) in [5, 5.41) is 7.88. The molecule has 0 fully saturated rings. The molecule has 0 bridgehead atoms. The molecule has 0 unspecified atom stereocenters. The fourth-order valence-electron chi connectivity index (χ4n) is 3.67. The van der Waals surface area contributed by atoms with Gasteiger partial charge in [-0.3, -0.25) is 4.55 Å². The van der Waals surface area contributed by atoms with E-state index in [4.69, 9.17) is 0 Å². The minimum absolute atomic E-state index is 0.0597. The Balaban J connectivity index is 1.90. The van der Waals surface area contributed by atoms with Crippen LogP contribution in [0.1, 0.15) is 0 Å². The maximum absolute atomic E-state index is 11.7. The summed E-state index contributed by atoms with van der Waals surface area (Å²) in [5.74, 6) is 0. The van der Waals surface area contributed by atoms with Gasteiger partial charge in [-0.15, -0.1) is 0 Å². The standard InChI is InChI=1S/C22H14O3S/c23-26(24,25)22-7-3-6-16-10-19-11-17-8-14-4-1-2-5-15(14)9-18(17)12-20(19)13-21(16)22/h1-13H,(H,23,24,25). The predicted octanol–water partition coefficient (Wildman–Crippen LogP) is 5.55. The van der Waals surface area contributed by atoms with Crippen molar-refractivity contribution in [1.82, 2.24) is 0 Å². The van der Waals surface area contributed by atoms with E-state index >= 15 is 0 Å². The third-order valence-corrected chi connectivity index (χ3v) is 5.81. The van der Waals surface area contributed by atoms with Crippen molar-refractivity contribution in [2.24, 2.45) is 0 Å². The average molecular weight is 358 g/mol. The fraction of sp³-hybridized carbons (Fsp3) is 0. The van der Waals surface area contributed by atoms with Gasteiger partial charge in [0.1, 0.15) is 4.90 Å². The van der Waals surface area contributed by atoms with Crippen molar-refractivity contribution in [2.75, 3.05) is 0 Å². The van der Waals surface area contributed by atoms with Gasteiger partial charge >= 0.3 is 0 Å². The Kier molecular flexibility index (Phi) is 3.11. The molecule has 0 radical (unpaired) electrons. The summed E-state index contributed by atoms with van der Waals surface area (Å²) in [4.78, 5) is -0.0597. The molecule has 0 heterocycles. The highest BCUT2D eigenvalue weighted by molar-refractivity contribution is 7.86. The van der Waals surface area contributed by atoms with Crippen molar-refractivity contribution in [3.05, 3.63) is 78.9 Å². The summed E-state index contributed by atoms with van der Waals surface area (Å²) in [6.07, 6.45) is 0. The monoisotopic (exact) mass is 358 g/mol. The van der Waals surface area contributed by atoms with Crippen LogP contribution in [-0.2, 0) is 10.1 Å². The van der Waals surface area contributed by atoms with Crippen LogP contribution in [0.15, 0.2) is 83.8 Å². The smallest absolute Gasteiger partial charge is 0.282 e. The van der Waals surface area contributed by atoms with E-state index in [1.54, 1.807) is 6.07 Å². The molecule has 0 aliphatic heterocycles. The minimum Gasteiger partial charge on any atom is -0.282 e. The first-order valence-electron chi connectivity index (χ1n) is 8.26. The van der Waals surface area contributed by atoms with Crippen LogP contribution in [0.3, 0.4) is 0 Å². The first-order valence-corrected chi connectivity index (χ1v) is 9.70. The largest absolute Gasteiger partial charge is 0.295 e. The lowest BCUT2D eigenvalue weighted by atomic mass is 9.97. The van der Waals surface area contributed by atoms with E-state index < -0.39 is 10.1 Å². The maximum atomic E-state index is 11.7. The second-order valence-corrected chi connectivity index (χ2v) is 7.94. The molecular formula is C22H14O3S. The molecule has 5 aromatic carbocycles. The van der Waals surface area contributed by atoms with E-state index in [1.165, 1.54) is 16.8 Å². The predicted molar refractivity (Wildman–Crippen MR) is 106 cm³/mol. The first kappa shape index (κ1) is 15.3. The van der Waals surface area contributed by atoms with Crippen LogP contribution in [0.5, 0.6) is 0 Å². The molecule has 1 N–H and O–H groups in total. The van der Waals surface area contributed by atoms with Gasteiger partial charge in [-0.2, -0.15) is 8.42 Å². The topological polar surface area (TPSA) is 54.4 Å². The molecule has 3 nitrogen and oxygen atoms in total. The quantitative estimate of drug-likeness (QED) is 0.316. The molecule has 0 saturated carbocycles. The Hall–Kier alpha value is -2.95. The van der Waals surface area contributed by atoms with Gasteiger partial charge in [0, 0.05) is 5.39 Å². The number of hydrogen-bond acceptors (Lipinski definition) is 2. The molecule has 126 valence electrons. The summed E-state index contributed by atoms with van der Waals surface area (Å²) in [6.45, 7) is 0. The molecule has 0 amide bonds. The first-order chi connectivity index (χ1) is 12.5. The third-order valence-electron chi connectivity index (χ3n) is 4.90. The molecule has 26 heavy (non-hydrogen) atoms. The zero-order valence-corrected chi connectivity index (χ0v) is 14.5.